The van der Waals surface area contributed by atoms with E-state index in [4.69, 9.17) is 15.0 Å². The van der Waals surface area contributed by atoms with Crippen LogP contribution in [0.5, 0.6) is 0 Å². The lowest BCUT2D eigenvalue weighted by atomic mass is 10.3. The fourth-order valence-electron chi connectivity index (χ4n) is 1.44. The van der Waals surface area contributed by atoms with Crippen molar-refractivity contribution in [3.8, 4) is 0 Å². The molecule has 20 heavy (non-hydrogen) atoms. The molecule has 8 nitrogen and oxygen atoms in total. The lowest BCUT2D eigenvalue weighted by molar-refractivity contribution is -0.142. The van der Waals surface area contributed by atoms with E-state index < -0.39 is 6.10 Å². The van der Waals surface area contributed by atoms with Crippen LogP contribution in [0.2, 0.25) is 0 Å². The Labute approximate surface area is 123 Å². The first-order valence-corrected chi connectivity index (χ1v) is 5.69. The van der Waals surface area contributed by atoms with E-state index in [0.717, 1.165) is 0 Å². The second-order valence-electron chi connectivity index (χ2n) is 4.03. The lowest BCUT2D eigenvalue weighted by Crippen LogP contribution is -2.44. The van der Waals surface area contributed by atoms with E-state index in [1.807, 2.05) is 0 Å². The van der Waals surface area contributed by atoms with Crippen LogP contribution in [0.1, 0.15) is 5.76 Å². The molecule has 0 saturated heterocycles. The number of carbonyl (C=O) groups excluding carboxylic acids is 2. The highest BCUT2D eigenvalue weighted by Crippen LogP contribution is 2.06. The Bertz CT molecular complexity index is 447. The molecule has 1 heterocycles. The number of methoxy groups -OCH3 is 1. The minimum atomic E-state index is -0.743. The average Bonchev–Trinajstić information content (AvgIpc) is 2.75. The summed E-state index contributed by atoms with van der Waals surface area (Å²) in [5.74, 6) is 0.167. The molecule has 0 aliphatic heterocycles. The lowest BCUT2D eigenvalue weighted by Gasteiger charge is -2.21. The zero-order chi connectivity index (χ0) is 14.4. The van der Waals surface area contributed by atoms with Crippen LogP contribution < -0.4 is 11.1 Å². The summed E-state index contributed by atoms with van der Waals surface area (Å²) in [6.07, 6.45) is -0.743. The SMILES string of the molecule is COC(CN)C(=O)N(C)CC(=O)Nc1cc(C)on1.Cl. The Balaban J connectivity index is 0.00000361. The summed E-state index contributed by atoms with van der Waals surface area (Å²) in [6, 6.07) is 1.58. The third-order valence-electron chi connectivity index (χ3n) is 2.43. The first-order valence-electron chi connectivity index (χ1n) is 5.69. The molecule has 1 atom stereocenters. The number of anilines is 1. The van der Waals surface area contributed by atoms with Gasteiger partial charge in [-0.25, -0.2) is 0 Å². The highest BCUT2D eigenvalue weighted by atomic mass is 35.5. The number of hydrogen-bond acceptors (Lipinski definition) is 6. The number of ether oxygens (including phenoxy) is 1. The normalized spacial score (nSPS) is 11.4. The minimum Gasteiger partial charge on any atom is -0.370 e. The summed E-state index contributed by atoms with van der Waals surface area (Å²) < 4.78 is 9.72. The largest absolute Gasteiger partial charge is 0.370 e. The highest BCUT2D eigenvalue weighted by Gasteiger charge is 2.22. The number of carbonyl (C=O) groups is 2. The van der Waals surface area contributed by atoms with Gasteiger partial charge in [0.15, 0.2) is 5.82 Å². The molecule has 2 amide bonds. The fraction of sp³-hybridized carbons (Fsp3) is 0.545. The van der Waals surface area contributed by atoms with Gasteiger partial charge in [-0.15, -0.1) is 12.4 Å². The molecule has 1 aromatic rings. The van der Waals surface area contributed by atoms with Gasteiger partial charge in [-0.3, -0.25) is 9.59 Å². The Morgan fingerprint density at radius 2 is 2.25 bits per heavy atom. The summed E-state index contributed by atoms with van der Waals surface area (Å²) in [6.45, 7) is 1.65. The molecule has 0 spiro atoms. The Morgan fingerprint density at radius 1 is 1.60 bits per heavy atom. The first-order chi connectivity index (χ1) is 8.97. The van der Waals surface area contributed by atoms with E-state index in [2.05, 4.69) is 10.5 Å². The number of rotatable bonds is 6. The number of hydrogen-bond donors (Lipinski definition) is 2. The molecular formula is C11H19ClN4O4. The van der Waals surface area contributed by atoms with E-state index in [-0.39, 0.29) is 37.3 Å². The maximum absolute atomic E-state index is 11.8. The van der Waals surface area contributed by atoms with Gasteiger partial charge in [0.05, 0.1) is 6.54 Å². The molecule has 114 valence electrons. The molecule has 0 aliphatic rings. The van der Waals surface area contributed by atoms with Gasteiger partial charge >= 0.3 is 0 Å². The van der Waals surface area contributed by atoms with Gasteiger partial charge in [0.25, 0.3) is 5.91 Å². The van der Waals surface area contributed by atoms with Crippen LogP contribution in [0.4, 0.5) is 5.82 Å². The van der Waals surface area contributed by atoms with E-state index >= 15 is 0 Å². The maximum Gasteiger partial charge on any atom is 0.253 e. The molecule has 1 unspecified atom stereocenters. The number of likely N-dealkylation sites (N-methyl/N-ethyl adjacent to an activating group) is 1. The highest BCUT2D eigenvalue weighted by molar-refractivity contribution is 5.94. The van der Waals surface area contributed by atoms with Gasteiger partial charge in [0.1, 0.15) is 11.9 Å². The second-order valence-corrected chi connectivity index (χ2v) is 4.03. The monoisotopic (exact) mass is 306 g/mol. The number of nitrogens with two attached hydrogens (primary N) is 1. The van der Waals surface area contributed by atoms with Crippen LogP contribution in [0.3, 0.4) is 0 Å². The second kappa shape index (κ2) is 8.51. The van der Waals surface area contributed by atoms with Crippen LogP contribution in [-0.4, -0.2) is 55.2 Å². The van der Waals surface area contributed by atoms with Crippen LogP contribution in [0.15, 0.2) is 10.6 Å². The van der Waals surface area contributed by atoms with Gasteiger partial charge in [-0.1, -0.05) is 5.16 Å². The predicted molar refractivity (Wildman–Crippen MR) is 74.6 cm³/mol. The number of aryl methyl sites for hydroxylation is 1. The zero-order valence-corrected chi connectivity index (χ0v) is 12.4. The quantitative estimate of drug-likeness (QED) is 0.751. The zero-order valence-electron chi connectivity index (χ0n) is 11.6. The third kappa shape index (κ3) is 5.16. The Morgan fingerprint density at radius 3 is 2.70 bits per heavy atom. The van der Waals surface area contributed by atoms with Crippen molar-refractivity contribution < 1.29 is 18.8 Å². The molecular weight excluding hydrogens is 288 g/mol. The smallest absolute Gasteiger partial charge is 0.253 e. The van der Waals surface area contributed by atoms with E-state index in [0.29, 0.717) is 11.6 Å². The molecule has 0 aromatic carbocycles. The number of amides is 2. The molecule has 1 rings (SSSR count). The van der Waals surface area contributed by atoms with Gasteiger partial charge in [0.2, 0.25) is 5.91 Å². The van der Waals surface area contributed by atoms with Crippen molar-refractivity contribution in [2.75, 3.05) is 32.6 Å². The third-order valence-corrected chi connectivity index (χ3v) is 2.43. The summed E-state index contributed by atoms with van der Waals surface area (Å²) in [7, 11) is 2.89. The van der Waals surface area contributed by atoms with Crippen LogP contribution in [0, 0.1) is 6.92 Å². The first kappa shape index (κ1) is 18.4. The molecule has 0 bridgehead atoms. The van der Waals surface area contributed by atoms with Gasteiger partial charge in [-0.2, -0.15) is 0 Å². The van der Waals surface area contributed by atoms with Crippen LogP contribution >= 0.6 is 12.4 Å². The predicted octanol–water partition coefficient (Wildman–Crippen LogP) is -0.225. The fourth-order valence-corrected chi connectivity index (χ4v) is 1.44. The molecule has 0 saturated carbocycles. The molecule has 9 heteroatoms. The molecule has 3 N–H and O–H groups in total. The average molecular weight is 307 g/mol. The summed E-state index contributed by atoms with van der Waals surface area (Å²) >= 11 is 0. The topological polar surface area (TPSA) is 111 Å². The Kier molecular flexibility index (Phi) is 7.82. The van der Waals surface area contributed by atoms with Crippen molar-refractivity contribution in [1.29, 1.82) is 0 Å². The number of nitrogens with one attached hydrogen (secondary N) is 1. The van der Waals surface area contributed by atoms with Crippen LogP contribution in [-0.2, 0) is 14.3 Å². The minimum absolute atomic E-state index is 0. The van der Waals surface area contributed by atoms with Crippen molar-refractivity contribution in [3.05, 3.63) is 11.8 Å². The van der Waals surface area contributed by atoms with Crippen LogP contribution in [0.25, 0.3) is 0 Å². The van der Waals surface area contributed by atoms with Crippen molar-refractivity contribution in [2.45, 2.75) is 13.0 Å². The van der Waals surface area contributed by atoms with Gasteiger partial charge in [-0.05, 0) is 6.92 Å². The molecule has 0 radical (unpaired) electrons. The van der Waals surface area contributed by atoms with E-state index in [1.54, 1.807) is 13.0 Å². The summed E-state index contributed by atoms with van der Waals surface area (Å²) in [4.78, 5) is 24.7. The van der Waals surface area contributed by atoms with Crippen molar-refractivity contribution in [3.63, 3.8) is 0 Å². The summed E-state index contributed by atoms with van der Waals surface area (Å²) in [5, 5.41) is 6.13. The van der Waals surface area contributed by atoms with Gasteiger partial charge in [0, 0.05) is 26.8 Å². The number of aromatic nitrogens is 1. The summed E-state index contributed by atoms with van der Waals surface area (Å²) in [5.41, 5.74) is 5.38. The van der Waals surface area contributed by atoms with Crippen molar-refractivity contribution >= 4 is 30.0 Å². The molecule has 0 aliphatic carbocycles. The number of halogens is 1. The van der Waals surface area contributed by atoms with E-state index in [9.17, 15) is 9.59 Å². The van der Waals surface area contributed by atoms with Gasteiger partial charge < -0.3 is 25.2 Å². The Hall–Kier alpha value is -1.64. The van der Waals surface area contributed by atoms with Crippen molar-refractivity contribution in [1.82, 2.24) is 10.1 Å². The standard InChI is InChI=1S/C11H18N4O4.ClH/c1-7-4-9(14-19-7)13-10(16)6-15(2)11(17)8(5-12)18-3;/h4,8H,5-6,12H2,1-3H3,(H,13,14,16);1H. The maximum atomic E-state index is 11.8. The van der Waals surface area contributed by atoms with E-state index in [1.165, 1.54) is 19.1 Å². The molecule has 1 aromatic heterocycles. The molecule has 0 fully saturated rings. The number of nitrogens with zero attached hydrogens (tertiary/aromatic N) is 2. The van der Waals surface area contributed by atoms with Crippen molar-refractivity contribution in [2.24, 2.45) is 5.73 Å².